The number of nitrogens with zero attached hydrogens (tertiary/aromatic N) is 2. The maximum absolute atomic E-state index is 12.0. The van der Waals surface area contributed by atoms with E-state index in [0.29, 0.717) is 5.75 Å². The fraction of sp³-hybridized carbons (Fsp3) is 0.300. The third-order valence-corrected chi connectivity index (χ3v) is 4.03. The lowest BCUT2D eigenvalue weighted by Crippen LogP contribution is -2.25. The molecule has 0 aliphatic heterocycles. The molecular weight excluding hydrogens is 378 g/mol. The van der Waals surface area contributed by atoms with Gasteiger partial charge in [0.05, 0.1) is 18.2 Å². The fourth-order valence-electron chi connectivity index (χ4n) is 2.57. The number of nitrogens with one attached hydrogen (secondary N) is 1. The summed E-state index contributed by atoms with van der Waals surface area (Å²) in [6, 6.07) is 8.15. The van der Waals surface area contributed by atoms with Gasteiger partial charge >= 0.3 is 0 Å². The van der Waals surface area contributed by atoms with Gasteiger partial charge in [0.15, 0.2) is 6.61 Å². The SMILES string of the molecule is COc1cc(C=NNC(=O)COc2cc(C)ccc2C(C)C)cc([N+](=O)[O-])c1[O-]. The Bertz CT molecular complexity index is 940. The number of rotatable bonds is 8. The molecule has 1 N–H and O–H groups in total. The van der Waals surface area contributed by atoms with Crippen molar-refractivity contribution in [2.45, 2.75) is 26.7 Å². The van der Waals surface area contributed by atoms with Crippen molar-refractivity contribution >= 4 is 17.8 Å². The Balaban J connectivity index is 2.03. The third kappa shape index (κ3) is 5.68. The second-order valence-corrected chi connectivity index (χ2v) is 6.61. The van der Waals surface area contributed by atoms with E-state index in [1.807, 2.05) is 39.0 Å². The summed E-state index contributed by atoms with van der Waals surface area (Å²) in [5.74, 6) is -0.645. The van der Waals surface area contributed by atoms with Gasteiger partial charge in [0, 0.05) is 17.4 Å². The van der Waals surface area contributed by atoms with Crippen LogP contribution in [0.25, 0.3) is 0 Å². The molecule has 0 saturated carbocycles. The molecule has 9 heteroatoms. The Labute approximate surface area is 168 Å². The van der Waals surface area contributed by atoms with Gasteiger partial charge in [0.2, 0.25) is 0 Å². The topological polar surface area (TPSA) is 126 Å². The highest BCUT2D eigenvalue weighted by Crippen LogP contribution is 2.34. The van der Waals surface area contributed by atoms with E-state index in [9.17, 15) is 20.0 Å². The van der Waals surface area contributed by atoms with Crippen molar-refractivity contribution in [1.29, 1.82) is 0 Å². The predicted molar refractivity (Wildman–Crippen MR) is 106 cm³/mol. The first-order chi connectivity index (χ1) is 13.7. The molecular formula is C20H22N3O6-. The second-order valence-electron chi connectivity index (χ2n) is 6.61. The predicted octanol–water partition coefficient (Wildman–Crippen LogP) is 2.64. The number of carbonyl (C=O) groups is 1. The fourth-order valence-corrected chi connectivity index (χ4v) is 2.57. The number of hydrazone groups is 1. The first-order valence-electron chi connectivity index (χ1n) is 8.81. The largest absolute Gasteiger partial charge is 0.865 e. The van der Waals surface area contributed by atoms with E-state index < -0.39 is 22.3 Å². The number of methoxy groups -OCH3 is 1. The van der Waals surface area contributed by atoms with Crippen molar-refractivity contribution in [3.05, 3.63) is 57.1 Å². The molecule has 0 aliphatic rings. The van der Waals surface area contributed by atoms with E-state index in [0.717, 1.165) is 17.2 Å². The molecule has 154 valence electrons. The lowest BCUT2D eigenvalue weighted by molar-refractivity contribution is -0.398. The molecule has 2 aromatic carbocycles. The molecule has 0 fully saturated rings. The summed E-state index contributed by atoms with van der Waals surface area (Å²) < 4.78 is 10.5. The molecule has 9 nitrogen and oxygen atoms in total. The van der Waals surface area contributed by atoms with Crippen LogP contribution in [0.1, 0.15) is 36.5 Å². The zero-order valence-electron chi connectivity index (χ0n) is 16.6. The maximum Gasteiger partial charge on any atom is 0.277 e. The van der Waals surface area contributed by atoms with Gasteiger partial charge in [-0.25, -0.2) is 5.43 Å². The van der Waals surface area contributed by atoms with Crippen molar-refractivity contribution in [1.82, 2.24) is 5.43 Å². The molecule has 2 rings (SSSR count). The highest BCUT2D eigenvalue weighted by atomic mass is 16.6. The van der Waals surface area contributed by atoms with Gasteiger partial charge in [-0.1, -0.05) is 26.0 Å². The van der Waals surface area contributed by atoms with E-state index >= 15 is 0 Å². The van der Waals surface area contributed by atoms with Crippen LogP contribution in [-0.2, 0) is 4.79 Å². The minimum absolute atomic E-state index is 0.184. The van der Waals surface area contributed by atoms with E-state index in [4.69, 9.17) is 9.47 Å². The monoisotopic (exact) mass is 400 g/mol. The van der Waals surface area contributed by atoms with Gasteiger partial charge in [-0.05, 0) is 36.1 Å². The van der Waals surface area contributed by atoms with E-state index in [2.05, 4.69) is 10.5 Å². The van der Waals surface area contributed by atoms with Crippen LogP contribution in [0, 0.1) is 17.0 Å². The van der Waals surface area contributed by atoms with Gasteiger partial charge in [-0.15, -0.1) is 0 Å². The van der Waals surface area contributed by atoms with Crippen LogP contribution in [0.5, 0.6) is 17.2 Å². The van der Waals surface area contributed by atoms with Crippen LogP contribution in [0.2, 0.25) is 0 Å². The summed E-state index contributed by atoms with van der Waals surface area (Å²) in [6.45, 7) is 5.75. The lowest BCUT2D eigenvalue weighted by Gasteiger charge is -2.14. The maximum atomic E-state index is 12.0. The Morgan fingerprint density at radius 3 is 2.62 bits per heavy atom. The Morgan fingerprint density at radius 1 is 1.28 bits per heavy atom. The number of benzene rings is 2. The highest BCUT2D eigenvalue weighted by molar-refractivity contribution is 5.85. The molecule has 1 amide bonds. The molecule has 0 spiro atoms. The number of carbonyl (C=O) groups excluding carboxylic acids is 1. The first-order valence-corrected chi connectivity index (χ1v) is 8.81. The molecule has 0 unspecified atom stereocenters. The first kappa shape index (κ1) is 21.7. The molecule has 0 bridgehead atoms. The zero-order valence-corrected chi connectivity index (χ0v) is 16.6. The molecule has 0 saturated heterocycles. The average molecular weight is 400 g/mol. The number of amides is 1. The number of nitro groups is 1. The van der Waals surface area contributed by atoms with Gasteiger partial charge in [-0.2, -0.15) is 5.10 Å². The molecule has 29 heavy (non-hydrogen) atoms. The number of hydrogen-bond acceptors (Lipinski definition) is 7. The van der Waals surface area contributed by atoms with Crippen LogP contribution >= 0.6 is 0 Å². The number of ether oxygens (including phenoxy) is 2. The molecule has 2 aromatic rings. The van der Waals surface area contributed by atoms with Gasteiger partial charge in [0.25, 0.3) is 11.6 Å². The molecule has 0 aromatic heterocycles. The average Bonchev–Trinajstić information content (AvgIpc) is 2.66. The van der Waals surface area contributed by atoms with E-state index in [-0.39, 0.29) is 23.8 Å². The van der Waals surface area contributed by atoms with Crippen LogP contribution in [0.4, 0.5) is 5.69 Å². The van der Waals surface area contributed by atoms with Crippen LogP contribution < -0.4 is 20.0 Å². The Hall–Kier alpha value is -3.62. The van der Waals surface area contributed by atoms with Crippen molar-refractivity contribution in [2.75, 3.05) is 13.7 Å². The Morgan fingerprint density at radius 2 is 2.00 bits per heavy atom. The van der Waals surface area contributed by atoms with Crippen LogP contribution in [0.3, 0.4) is 0 Å². The standard InChI is InChI=1S/C20H23N3O6/c1-12(2)15-6-5-13(3)7-17(15)29-11-19(24)22-21-10-14-8-16(23(26)27)20(25)18(9-14)28-4/h5-10,12,25H,11H2,1-4H3,(H,22,24)/p-1. The highest BCUT2D eigenvalue weighted by Gasteiger charge is 2.13. The molecule has 0 aliphatic carbocycles. The number of hydrogen-bond donors (Lipinski definition) is 1. The number of aryl methyl sites for hydroxylation is 1. The summed E-state index contributed by atoms with van der Waals surface area (Å²) in [5, 5.41) is 26.5. The summed E-state index contributed by atoms with van der Waals surface area (Å²) in [7, 11) is 1.23. The van der Waals surface area contributed by atoms with Crippen molar-refractivity contribution in [2.24, 2.45) is 5.10 Å². The van der Waals surface area contributed by atoms with Crippen molar-refractivity contribution < 1.29 is 24.3 Å². The van der Waals surface area contributed by atoms with Gasteiger partial charge in [-0.3, -0.25) is 14.9 Å². The van der Waals surface area contributed by atoms with E-state index in [1.165, 1.54) is 19.4 Å². The zero-order chi connectivity index (χ0) is 21.6. The van der Waals surface area contributed by atoms with Gasteiger partial charge in [0.1, 0.15) is 11.5 Å². The summed E-state index contributed by atoms with van der Waals surface area (Å²) in [6.07, 6.45) is 1.18. The quantitative estimate of drug-likeness (QED) is 0.412. The van der Waals surface area contributed by atoms with Crippen molar-refractivity contribution in [3.8, 4) is 17.2 Å². The summed E-state index contributed by atoms with van der Waals surface area (Å²) >= 11 is 0. The summed E-state index contributed by atoms with van der Waals surface area (Å²) in [5.41, 5.74) is 3.88. The normalized spacial score (nSPS) is 10.9. The molecule has 0 radical (unpaired) electrons. The molecule has 0 heterocycles. The van der Waals surface area contributed by atoms with E-state index in [1.54, 1.807) is 0 Å². The van der Waals surface area contributed by atoms with Crippen LogP contribution in [-0.4, -0.2) is 30.8 Å². The number of nitro benzene ring substituents is 1. The second kappa shape index (κ2) is 9.54. The van der Waals surface area contributed by atoms with Crippen LogP contribution in [0.15, 0.2) is 35.4 Å². The lowest BCUT2D eigenvalue weighted by atomic mass is 10.0. The third-order valence-electron chi connectivity index (χ3n) is 4.03. The summed E-state index contributed by atoms with van der Waals surface area (Å²) in [4.78, 5) is 22.2. The van der Waals surface area contributed by atoms with Crippen molar-refractivity contribution in [3.63, 3.8) is 0 Å². The minimum atomic E-state index is -0.828. The van der Waals surface area contributed by atoms with Gasteiger partial charge < -0.3 is 14.6 Å². The minimum Gasteiger partial charge on any atom is -0.865 e. The Kier molecular flexibility index (Phi) is 7.13. The smallest absolute Gasteiger partial charge is 0.277 e. The molecule has 0 atom stereocenters.